The van der Waals surface area contributed by atoms with Crippen molar-refractivity contribution in [1.82, 2.24) is 9.55 Å². The molecular weight excluding hydrogens is 416 g/mol. The number of carboxylic acid groups (broad SMARTS) is 1. The zero-order valence-corrected chi connectivity index (χ0v) is 15.6. The summed E-state index contributed by atoms with van der Waals surface area (Å²) >= 11 is 0. The van der Waals surface area contributed by atoms with Gasteiger partial charge in [-0.15, -0.1) is 0 Å². The van der Waals surface area contributed by atoms with Crippen molar-refractivity contribution in [3.05, 3.63) is 82.7 Å². The van der Waals surface area contributed by atoms with E-state index in [1.54, 1.807) is 16.7 Å². The Morgan fingerprint density at radius 3 is 2.42 bits per heavy atom. The second-order valence-electron chi connectivity index (χ2n) is 7.02. The van der Waals surface area contributed by atoms with Crippen LogP contribution in [0.2, 0.25) is 0 Å². The number of para-hydroxylation sites is 1. The van der Waals surface area contributed by atoms with E-state index in [2.05, 4.69) is 4.98 Å². The molecule has 0 aliphatic carbocycles. The van der Waals surface area contributed by atoms with Crippen LogP contribution >= 0.6 is 0 Å². The monoisotopic (exact) mass is 428 g/mol. The molecular formula is C22H12F4N2O3. The Balaban J connectivity index is 1.58. The Kier molecular flexibility index (Phi) is 4.21. The number of benzene rings is 3. The number of carboxylic acids is 1. The molecule has 2 heterocycles. The second-order valence-corrected chi connectivity index (χ2v) is 7.02. The number of hydrogen-bond acceptors (Lipinski definition) is 3. The van der Waals surface area contributed by atoms with Crippen molar-refractivity contribution in [3.63, 3.8) is 0 Å². The van der Waals surface area contributed by atoms with Crippen LogP contribution in [0.3, 0.4) is 0 Å². The second kappa shape index (κ2) is 6.83. The Hall–Kier alpha value is -3.88. The molecule has 1 aliphatic heterocycles. The highest BCUT2D eigenvalue weighted by molar-refractivity contribution is 5.95. The van der Waals surface area contributed by atoms with Crippen LogP contribution in [0.25, 0.3) is 22.2 Å². The standard InChI is InChI=1S/C22H12F4N2O3/c23-17-13-8-28-15(9-31-11-6-4-10(5-7-11)22(29)30)27-14-3-1-2-12(21(14)28)16(13)18(24)20(26)19(17)25/h1-7H,8-9H2,(H,29,30). The highest BCUT2D eigenvalue weighted by Gasteiger charge is 2.32. The minimum Gasteiger partial charge on any atom is -0.486 e. The van der Waals surface area contributed by atoms with Gasteiger partial charge in [0, 0.05) is 16.7 Å². The molecule has 1 aromatic heterocycles. The normalized spacial score (nSPS) is 12.1. The average Bonchev–Trinajstić information content (AvgIpc) is 3.13. The maximum absolute atomic E-state index is 14.5. The number of imidazole rings is 1. The number of rotatable bonds is 4. The summed E-state index contributed by atoms with van der Waals surface area (Å²) < 4.78 is 64.0. The molecule has 0 atom stereocenters. The summed E-state index contributed by atoms with van der Waals surface area (Å²) in [6, 6.07) is 10.5. The smallest absolute Gasteiger partial charge is 0.335 e. The predicted molar refractivity (Wildman–Crippen MR) is 102 cm³/mol. The molecule has 156 valence electrons. The summed E-state index contributed by atoms with van der Waals surface area (Å²) in [7, 11) is 0. The predicted octanol–water partition coefficient (Wildman–Crippen LogP) is 4.90. The van der Waals surface area contributed by atoms with Crippen molar-refractivity contribution in [2.75, 3.05) is 0 Å². The van der Waals surface area contributed by atoms with E-state index in [4.69, 9.17) is 9.84 Å². The summed E-state index contributed by atoms with van der Waals surface area (Å²) in [4.78, 5) is 15.4. The van der Waals surface area contributed by atoms with E-state index in [-0.39, 0.29) is 35.4 Å². The van der Waals surface area contributed by atoms with Gasteiger partial charge in [-0.2, -0.15) is 0 Å². The highest BCUT2D eigenvalue weighted by atomic mass is 19.2. The first-order valence-electron chi connectivity index (χ1n) is 9.16. The van der Waals surface area contributed by atoms with Crippen molar-refractivity contribution < 1.29 is 32.2 Å². The van der Waals surface area contributed by atoms with Crippen LogP contribution in [0, 0.1) is 23.3 Å². The lowest BCUT2D eigenvalue weighted by Gasteiger charge is -2.22. The summed E-state index contributed by atoms with van der Waals surface area (Å²) in [5.74, 6) is -6.92. The van der Waals surface area contributed by atoms with Crippen molar-refractivity contribution in [2.45, 2.75) is 13.2 Å². The zero-order valence-electron chi connectivity index (χ0n) is 15.6. The lowest BCUT2D eigenvalue weighted by atomic mass is 9.94. The SMILES string of the molecule is O=C(O)c1ccc(OCc2nc3cccc4c3n2Cc2c(F)c(F)c(F)c(F)c2-4)cc1. The molecule has 1 N–H and O–H groups in total. The first-order valence-corrected chi connectivity index (χ1v) is 9.16. The molecule has 9 heteroatoms. The van der Waals surface area contributed by atoms with E-state index in [9.17, 15) is 22.4 Å². The van der Waals surface area contributed by atoms with Gasteiger partial charge in [-0.3, -0.25) is 0 Å². The molecule has 0 spiro atoms. The number of aromatic nitrogens is 2. The van der Waals surface area contributed by atoms with Gasteiger partial charge in [-0.25, -0.2) is 27.3 Å². The Morgan fingerprint density at radius 2 is 1.71 bits per heavy atom. The fourth-order valence-electron chi connectivity index (χ4n) is 3.82. The zero-order chi connectivity index (χ0) is 21.9. The first kappa shape index (κ1) is 19.1. The van der Waals surface area contributed by atoms with Gasteiger partial charge in [-0.1, -0.05) is 12.1 Å². The Morgan fingerprint density at radius 1 is 1.00 bits per heavy atom. The van der Waals surface area contributed by atoms with Crippen LogP contribution < -0.4 is 4.74 Å². The quantitative estimate of drug-likeness (QED) is 0.251. The molecule has 31 heavy (non-hydrogen) atoms. The van der Waals surface area contributed by atoms with Crippen LogP contribution in [0.1, 0.15) is 21.7 Å². The average molecular weight is 428 g/mol. The van der Waals surface area contributed by atoms with Gasteiger partial charge >= 0.3 is 5.97 Å². The van der Waals surface area contributed by atoms with Crippen LogP contribution in [0.15, 0.2) is 42.5 Å². The number of carbonyl (C=O) groups is 1. The summed E-state index contributed by atoms with van der Waals surface area (Å²) in [6.07, 6.45) is 0. The maximum Gasteiger partial charge on any atom is 0.335 e. The van der Waals surface area contributed by atoms with Gasteiger partial charge in [0.05, 0.1) is 23.1 Å². The molecule has 0 amide bonds. The van der Waals surface area contributed by atoms with Gasteiger partial charge in [0.2, 0.25) is 0 Å². The molecule has 0 unspecified atom stereocenters. The van der Waals surface area contributed by atoms with E-state index < -0.39 is 29.2 Å². The van der Waals surface area contributed by atoms with Crippen LogP contribution in [0.5, 0.6) is 5.75 Å². The molecule has 5 nitrogen and oxygen atoms in total. The molecule has 3 aromatic carbocycles. The van der Waals surface area contributed by atoms with E-state index in [1.807, 2.05) is 0 Å². The third-order valence-corrected chi connectivity index (χ3v) is 5.26. The van der Waals surface area contributed by atoms with E-state index in [0.29, 0.717) is 22.6 Å². The van der Waals surface area contributed by atoms with Crippen LogP contribution in [0.4, 0.5) is 17.6 Å². The molecule has 5 rings (SSSR count). The minimum atomic E-state index is -1.86. The molecule has 4 aromatic rings. The molecule has 0 bridgehead atoms. The van der Waals surface area contributed by atoms with Gasteiger partial charge in [-0.05, 0) is 30.3 Å². The number of halogens is 4. The van der Waals surface area contributed by atoms with Crippen molar-refractivity contribution in [1.29, 1.82) is 0 Å². The van der Waals surface area contributed by atoms with Crippen LogP contribution in [-0.4, -0.2) is 20.6 Å². The third-order valence-electron chi connectivity index (χ3n) is 5.26. The lowest BCUT2D eigenvalue weighted by Crippen LogP contribution is -2.17. The first-order chi connectivity index (χ1) is 14.9. The summed E-state index contributed by atoms with van der Waals surface area (Å²) in [5.41, 5.74) is 0.611. The van der Waals surface area contributed by atoms with Crippen molar-refractivity contribution >= 4 is 17.0 Å². The van der Waals surface area contributed by atoms with Crippen LogP contribution in [-0.2, 0) is 13.2 Å². The number of aromatic carboxylic acids is 1. The lowest BCUT2D eigenvalue weighted by molar-refractivity contribution is 0.0697. The van der Waals surface area contributed by atoms with Gasteiger partial charge in [0.25, 0.3) is 0 Å². The van der Waals surface area contributed by atoms with Gasteiger partial charge in [0.1, 0.15) is 18.2 Å². The van der Waals surface area contributed by atoms with Gasteiger partial charge < -0.3 is 14.4 Å². The fraction of sp³-hybridized carbons (Fsp3) is 0.0909. The topological polar surface area (TPSA) is 64.3 Å². The number of ether oxygens (including phenoxy) is 1. The largest absolute Gasteiger partial charge is 0.486 e. The molecule has 1 aliphatic rings. The van der Waals surface area contributed by atoms with E-state index in [0.717, 1.165) is 0 Å². The summed E-state index contributed by atoms with van der Waals surface area (Å²) in [6.45, 7) is -0.316. The molecule has 0 radical (unpaired) electrons. The molecule has 0 fully saturated rings. The van der Waals surface area contributed by atoms with Crippen molar-refractivity contribution in [3.8, 4) is 16.9 Å². The molecule has 0 saturated carbocycles. The third kappa shape index (κ3) is 2.84. The van der Waals surface area contributed by atoms with E-state index in [1.165, 1.54) is 30.3 Å². The maximum atomic E-state index is 14.5. The van der Waals surface area contributed by atoms with Gasteiger partial charge in [0.15, 0.2) is 23.3 Å². The number of nitrogens with zero attached hydrogens (tertiary/aromatic N) is 2. The van der Waals surface area contributed by atoms with Crippen molar-refractivity contribution in [2.24, 2.45) is 0 Å². The fourth-order valence-corrected chi connectivity index (χ4v) is 3.82. The van der Waals surface area contributed by atoms with E-state index >= 15 is 0 Å². The highest BCUT2D eigenvalue weighted by Crippen LogP contribution is 2.41. The minimum absolute atomic E-state index is 0.0658. The Bertz CT molecular complexity index is 1380. The summed E-state index contributed by atoms with van der Waals surface area (Å²) in [5, 5.41) is 8.96. The Labute approximate surface area is 172 Å². The molecule has 0 saturated heterocycles. The number of hydrogen-bond donors (Lipinski definition) is 1. The number of fused-ring (bicyclic) bond motifs is 2.